The molecule has 0 aliphatic carbocycles. The number of nitrogens with one attached hydrogen (secondary N) is 1. The van der Waals surface area contributed by atoms with E-state index in [2.05, 4.69) is 20.0 Å². The predicted octanol–water partition coefficient (Wildman–Crippen LogP) is 1.93. The van der Waals surface area contributed by atoms with E-state index in [1.807, 2.05) is 0 Å². The van der Waals surface area contributed by atoms with Crippen molar-refractivity contribution in [1.82, 2.24) is 15.3 Å². The van der Waals surface area contributed by atoms with E-state index in [4.69, 9.17) is 5.73 Å². The lowest BCUT2D eigenvalue weighted by Crippen LogP contribution is -2.25. The van der Waals surface area contributed by atoms with Gasteiger partial charge >= 0.3 is 6.18 Å². The van der Waals surface area contributed by atoms with Crippen molar-refractivity contribution in [3.05, 3.63) is 47.9 Å². The molecule has 0 fully saturated rings. The fourth-order valence-corrected chi connectivity index (χ4v) is 1.66. The molecule has 2 rings (SSSR count). The number of aromatic nitrogens is 2. The summed E-state index contributed by atoms with van der Waals surface area (Å²) in [5, 5.41) is 2.59. The lowest BCUT2D eigenvalue weighted by Gasteiger charge is -2.10. The van der Waals surface area contributed by atoms with E-state index in [0.29, 0.717) is 5.56 Å². The van der Waals surface area contributed by atoms with E-state index in [1.165, 1.54) is 24.5 Å². The molecule has 0 unspecified atom stereocenters. The van der Waals surface area contributed by atoms with Gasteiger partial charge in [0.15, 0.2) is 18.1 Å². The van der Waals surface area contributed by atoms with Crippen LogP contribution in [-0.2, 0) is 6.54 Å². The van der Waals surface area contributed by atoms with E-state index >= 15 is 0 Å². The number of alkyl halides is 3. The number of anilines is 1. The molecule has 0 saturated carbocycles. The molecule has 1 aromatic heterocycles. The zero-order valence-corrected chi connectivity index (χ0v) is 11.8. The number of carbonyl (C=O) groups is 1. The number of ether oxygens (including phenoxy) is 1. The smallest absolute Gasteiger partial charge is 0.422 e. The van der Waals surface area contributed by atoms with E-state index in [-0.39, 0.29) is 23.8 Å². The van der Waals surface area contributed by atoms with Gasteiger partial charge < -0.3 is 15.8 Å². The highest BCUT2D eigenvalue weighted by Gasteiger charge is 2.28. The van der Waals surface area contributed by atoms with Crippen LogP contribution in [0.3, 0.4) is 0 Å². The Morgan fingerprint density at radius 1 is 1.17 bits per heavy atom. The number of nitrogens with two attached hydrogens (primary N) is 1. The summed E-state index contributed by atoms with van der Waals surface area (Å²) in [5.74, 6) is -0.385. The molecule has 0 spiro atoms. The summed E-state index contributed by atoms with van der Waals surface area (Å²) in [7, 11) is 0. The Kier molecular flexibility index (Phi) is 4.99. The van der Waals surface area contributed by atoms with Crippen molar-refractivity contribution in [1.29, 1.82) is 0 Å². The number of rotatable bonds is 5. The minimum atomic E-state index is -4.39. The van der Waals surface area contributed by atoms with Crippen molar-refractivity contribution in [2.24, 2.45) is 0 Å². The maximum atomic E-state index is 12.0. The van der Waals surface area contributed by atoms with Gasteiger partial charge in [0.1, 0.15) is 5.75 Å². The normalized spacial score (nSPS) is 11.1. The zero-order chi connectivity index (χ0) is 16.9. The Hall–Kier alpha value is -2.84. The van der Waals surface area contributed by atoms with Crippen LogP contribution in [-0.4, -0.2) is 28.7 Å². The minimum Gasteiger partial charge on any atom is -0.484 e. The second kappa shape index (κ2) is 6.95. The van der Waals surface area contributed by atoms with Gasteiger partial charge in [-0.05, 0) is 17.7 Å². The number of hydrogen-bond donors (Lipinski definition) is 2. The maximum absolute atomic E-state index is 12.0. The molecule has 3 N–H and O–H groups in total. The fraction of sp³-hybridized carbons (Fsp3) is 0.214. The van der Waals surface area contributed by atoms with E-state index in [1.54, 1.807) is 12.1 Å². The van der Waals surface area contributed by atoms with Crippen molar-refractivity contribution in [2.45, 2.75) is 12.7 Å². The van der Waals surface area contributed by atoms with Crippen molar-refractivity contribution in [3.8, 4) is 5.75 Å². The molecule has 0 saturated heterocycles. The van der Waals surface area contributed by atoms with Crippen LogP contribution in [0.25, 0.3) is 0 Å². The molecular formula is C14H13F3N4O2. The molecule has 9 heteroatoms. The SMILES string of the molecule is Nc1nccnc1C(=O)NCc1ccc(OCC(F)(F)F)cc1. The summed E-state index contributed by atoms with van der Waals surface area (Å²) < 4.78 is 40.7. The van der Waals surface area contributed by atoms with E-state index in [9.17, 15) is 18.0 Å². The van der Waals surface area contributed by atoms with Gasteiger partial charge in [0.05, 0.1) is 0 Å². The average Bonchev–Trinajstić information content (AvgIpc) is 2.51. The number of amides is 1. The molecule has 0 aliphatic rings. The molecule has 6 nitrogen and oxygen atoms in total. The summed E-state index contributed by atoms with van der Waals surface area (Å²) in [6.07, 6.45) is -1.67. The van der Waals surface area contributed by atoms with Gasteiger partial charge in [0.2, 0.25) is 0 Å². The molecule has 0 atom stereocenters. The molecule has 1 heterocycles. The molecule has 2 aromatic rings. The number of carbonyl (C=O) groups excluding carboxylic acids is 1. The molecule has 0 radical (unpaired) electrons. The third-order valence-electron chi connectivity index (χ3n) is 2.72. The molecule has 1 aromatic carbocycles. The first-order valence-corrected chi connectivity index (χ1v) is 6.48. The van der Waals surface area contributed by atoms with Crippen LogP contribution in [0.15, 0.2) is 36.7 Å². The standard InChI is InChI=1S/C14H13F3N4O2/c15-14(16,17)8-23-10-3-1-9(2-4-10)7-21-13(22)11-12(18)20-6-5-19-11/h1-6H,7-8H2,(H2,18,20)(H,21,22). The summed E-state index contributed by atoms with van der Waals surface area (Å²) in [6.45, 7) is -1.19. The van der Waals surface area contributed by atoms with Crippen molar-refractivity contribution < 1.29 is 22.7 Å². The van der Waals surface area contributed by atoms with Gasteiger partial charge in [-0.25, -0.2) is 9.97 Å². The molecule has 1 amide bonds. The fourth-order valence-electron chi connectivity index (χ4n) is 1.66. The van der Waals surface area contributed by atoms with Crippen molar-refractivity contribution in [3.63, 3.8) is 0 Å². The number of nitrogen functional groups attached to an aromatic ring is 1. The van der Waals surface area contributed by atoms with Crippen molar-refractivity contribution in [2.75, 3.05) is 12.3 Å². The van der Waals surface area contributed by atoms with Crippen LogP contribution >= 0.6 is 0 Å². The highest BCUT2D eigenvalue weighted by Crippen LogP contribution is 2.18. The average molecular weight is 326 g/mol. The van der Waals surface area contributed by atoms with Crippen LogP contribution in [0.1, 0.15) is 16.1 Å². The van der Waals surface area contributed by atoms with Gasteiger partial charge in [-0.2, -0.15) is 13.2 Å². The van der Waals surface area contributed by atoms with Crippen LogP contribution in [0.5, 0.6) is 5.75 Å². The Labute approximate surface area is 129 Å². The number of nitrogens with zero attached hydrogens (tertiary/aromatic N) is 2. The highest BCUT2D eigenvalue weighted by atomic mass is 19.4. The van der Waals surface area contributed by atoms with Gasteiger partial charge in [-0.15, -0.1) is 0 Å². The molecule has 0 bridgehead atoms. The number of hydrogen-bond acceptors (Lipinski definition) is 5. The van der Waals surface area contributed by atoms with Gasteiger partial charge in [0, 0.05) is 18.9 Å². The highest BCUT2D eigenvalue weighted by molar-refractivity contribution is 5.96. The quantitative estimate of drug-likeness (QED) is 0.876. The van der Waals surface area contributed by atoms with Crippen LogP contribution in [0.2, 0.25) is 0 Å². The molecule has 0 aliphatic heterocycles. The van der Waals surface area contributed by atoms with Crippen LogP contribution in [0, 0.1) is 0 Å². The second-order valence-corrected chi connectivity index (χ2v) is 4.52. The summed E-state index contributed by atoms with van der Waals surface area (Å²) >= 11 is 0. The predicted molar refractivity (Wildman–Crippen MR) is 75.6 cm³/mol. The van der Waals surface area contributed by atoms with E-state index < -0.39 is 18.7 Å². The molecule has 122 valence electrons. The van der Waals surface area contributed by atoms with Gasteiger partial charge in [-0.3, -0.25) is 4.79 Å². The topological polar surface area (TPSA) is 90.1 Å². The lowest BCUT2D eigenvalue weighted by molar-refractivity contribution is -0.153. The first-order chi connectivity index (χ1) is 10.8. The van der Waals surface area contributed by atoms with Gasteiger partial charge in [0.25, 0.3) is 5.91 Å². The summed E-state index contributed by atoms with van der Waals surface area (Å²) in [6, 6.07) is 5.88. The summed E-state index contributed by atoms with van der Waals surface area (Å²) in [5.41, 5.74) is 6.23. The Balaban J connectivity index is 1.89. The Morgan fingerprint density at radius 2 is 1.83 bits per heavy atom. The number of halogens is 3. The van der Waals surface area contributed by atoms with Crippen LogP contribution < -0.4 is 15.8 Å². The van der Waals surface area contributed by atoms with Crippen LogP contribution in [0.4, 0.5) is 19.0 Å². The molecule has 23 heavy (non-hydrogen) atoms. The zero-order valence-electron chi connectivity index (χ0n) is 11.8. The van der Waals surface area contributed by atoms with Crippen molar-refractivity contribution >= 4 is 11.7 Å². The first kappa shape index (κ1) is 16.5. The monoisotopic (exact) mass is 326 g/mol. The third kappa shape index (κ3) is 5.13. The second-order valence-electron chi connectivity index (χ2n) is 4.52. The third-order valence-corrected chi connectivity index (χ3v) is 2.72. The largest absolute Gasteiger partial charge is 0.484 e. The first-order valence-electron chi connectivity index (χ1n) is 6.48. The molecular weight excluding hydrogens is 313 g/mol. The Bertz CT molecular complexity index is 674. The van der Waals surface area contributed by atoms with Gasteiger partial charge in [-0.1, -0.05) is 12.1 Å². The summed E-state index contributed by atoms with van der Waals surface area (Å²) in [4.78, 5) is 19.5. The Morgan fingerprint density at radius 3 is 2.43 bits per heavy atom. The van der Waals surface area contributed by atoms with E-state index in [0.717, 1.165) is 0 Å². The maximum Gasteiger partial charge on any atom is 0.422 e. The minimum absolute atomic E-state index is 0.0117. The lowest BCUT2D eigenvalue weighted by atomic mass is 10.2. The number of benzene rings is 1.